The Hall–Kier alpha value is -2.73. The molecule has 1 aromatic heterocycles. The number of imidazole rings is 1. The second-order valence-corrected chi connectivity index (χ2v) is 4.38. The first-order valence-corrected chi connectivity index (χ1v) is 6.05. The molecule has 102 valence electrons. The molecule has 0 saturated heterocycles. The van der Waals surface area contributed by atoms with E-state index in [-0.39, 0.29) is 0 Å². The lowest BCUT2D eigenvalue weighted by molar-refractivity contribution is 0.203. The van der Waals surface area contributed by atoms with Crippen molar-refractivity contribution in [1.29, 1.82) is 0 Å². The molecule has 0 aliphatic rings. The van der Waals surface area contributed by atoms with Crippen LogP contribution in [0, 0.1) is 0 Å². The highest BCUT2D eigenvalue weighted by Gasteiger charge is 2.12. The number of aromatic nitrogens is 2. The van der Waals surface area contributed by atoms with Crippen molar-refractivity contribution >= 4 is 22.4 Å². The van der Waals surface area contributed by atoms with E-state index in [1.165, 1.54) is 7.11 Å². The Morgan fingerprint density at radius 2 is 1.95 bits per heavy atom. The van der Waals surface area contributed by atoms with Crippen LogP contribution in [0.15, 0.2) is 42.5 Å². The number of hydrogen-bond donors (Lipinski definition) is 3. The molecule has 3 rings (SSSR count). The first kappa shape index (κ1) is 12.3. The number of fused-ring (bicyclic) bond motifs is 1. The largest absolute Gasteiger partial charge is 0.426 e. The summed E-state index contributed by atoms with van der Waals surface area (Å²) in [6, 6.07) is 12.6. The van der Waals surface area contributed by atoms with Crippen molar-refractivity contribution in [3.63, 3.8) is 0 Å². The number of nitrogens with one attached hydrogen (secondary N) is 1. The Kier molecular flexibility index (Phi) is 2.92. The van der Waals surface area contributed by atoms with E-state index in [1.54, 1.807) is 18.2 Å². The molecule has 0 bridgehead atoms. The average Bonchev–Trinajstić information content (AvgIpc) is 2.78. The van der Waals surface area contributed by atoms with Crippen LogP contribution in [0.2, 0.25) is 0 Å². The van der Waals surface area contributed by atoms with Crippen LogP contribution >= 0.6 is 0 Å². The summed E-state index contributed by atoms with van der Waals surface area (Å²) in [6.45, 7) is 0. The van der Waals surface area contributed by atoms with Gasteiger partial charge in [-0.15, -0.1) is 0 Å². The van der Waals surface area contributed by atoms with Gasteiger partial charge in [0.05, 0.1) is 18.3 Å². The van der Waals surface area contributed by atoms with Crippen LogP contribution in [-0.4, -0.2) is 22.0 Å². The first-order chi connectivity index (χ1) is 9.69. The van der Waals surface area contributed by atoms with Crippen LogP contribution in [-0.2, 0) is 4.84 Å². The quantitative estimate of drug-likeness (QED) is 0.387. The van der Waals surface area contributed by atoms with Gasteiger partial charge in [0.15, 0.2) is 5.82 Å². The normalized spacial score (nSPS) is 10.8. The number of rotatable bonds is 3. The van der Waals surface area contributed by atoms with E-state index in [1.807, 2.05) is 24.3 Å². The molecule has 0 saturated carbocycles. The molecule has 0 atom stereocenters. The van der Waals surface area contributed by atoms with Crippen LogP contribution in [0.5, 0.6) is 0 Å². The van der Waals surface area contributed by atoms with Gasteiger partial charge in [-0.3, -0.25) is 10.3 Å². The van der Waals surface area contributed by atoms with Crippen molar-refractivity contribution in [1.82, 2.24) is 9.71 Å². The fourth-order valence-corrected chi connectivity index (χ4v) is 2.06. The van der Waals surface area contributed by atoms with E-state index >= 15 is 0 Å². The van der Waals surface area contributed by atoms with Gasteiger partial charge in [0, 0.05) is 11.3 Å². The predicted molar refractivity (Wildman–Crippen MR) is 77.4 cm³/mol. The van der Waals surface area contributed by atoms with Gasteiger partial charge in [0.25, 0.3) is 0 Å². The molecule has 2 aromatic carbocycles. The van der Waals surface area contributed by atoms with E-state index < -0.39 is 0 Å². The molecule has 0 amide bonds. The molecule has 20 heavy (non-hydrogen) atoms. The summed E-state index contributed by atoms with van der Waals surface area (Å²) < 4.78 is 1.06. The second-order valence-electron chi connectivity index (χ2n) is 4.38. The van der Waals surface area contributed by atoms with Gasteiger partial charge >= 0.3 is 0 Å². The molecule has 1 heterocycles. The molecular weight excluding hydrogens is 256 g/mol. The lowest BCUT2D eigenvalue weighted by atomic mass is 10.2. The van der Waals surface area contributed by atoms with E-state index in [0.29, 0.717) is 22.5 Å². The minimum absolute atomic E-state index is 0.467. The van der Waals surface area contributed by atoms with Gasteiger partial charge in [-0.1, -0.05) is 0 Å². The topological polar surface area (TPSA) is 85.3 Å². The van der Waals surface area contributed by atoms with Gasteiger partial charge < -0.3 is 10.9 Å². The summed E-state index contributed by atoms with van der Waals surface area (Å²) in [7, 11) is 1.53. The van der Waals surface area contributed by atoms with Crippen LogP contribution < -0.4 is 11.2 Å². The van der Waals surface area contributed by atoms with Crippen LogP contribution in [0.3, 0.4) is 0 Å². The van der Waals surface area contributed by atoms with Gasteiger partial charge in [0.2, 0.25) is 0 Å². The summed E-state index contributed by atoms with van der Waals surface area (Å²) >= 11 is 0. The zero-order valence-electron chi connectivity index (χ0n) is 10.9. The van der Waals surface area contributed by atoms with Crippen molar-refractivity contribution in [3.05, 3.63) is 42.5 Å². The smallest absolute Gasteiger partial charge is 0.176 e. The van der Waals surface area contributed by atoms with Crippen LogP contribution in [0.1, 0.15) is 0 Å². The van der Waals surface area contributed by atoms with Gasteiger partial charge in [-0.25, -0.2) is 4.98 Å². The van der Waals surface area contributed by atoms with E-state index in [4.69, 9.17) is 10.6 Å². The average molecular weight is 270 g/mol. The van der Waals surface area contributed by atoms with Crippen molar-refractivity contribution in [2.75, 3.05) is 18.3 Å². The summed E-state index contributed by atoms with van der Waals surface area (Å²) in [4.78, 5) is 9.26. The molecule has 6 heteroatoms. The Morgan fingerprint density at radius 3 is 2.65 bits per heavy atom. The Morgan fingerprint density at radius 1 is 1.20 bits per heavy atom. The van der Waals surface area contributed by atoms with Crippen molar-refractivity contribution < 1.29 is 10.0 Å². The van der Waals surface area contributed by atoms with Crippen molar-refractivity contribution in [2.24, 2.45) is 0 Å². The maximum atomic E-state index is 10.3. The summed E-state index contributed by atoms with van der Waals surface area (Å²) in [6.07, 6.45) is 0. The number of nitrogens with zero attached hydrogens (tertiary/aromatic N) is 2. The summed E-state index contributed by atoms with van der Waals surface area (Å²) in [5.74, 6) is 0.467. The zero-order valence-corrected chi connectivity index (χ0v) is 10.9. The molecule has 0 fully saturated rings. The monoisotopic (exact) mass is 270 g/mol. The van der Waals surface area contributed by atoms with Crippen LogP contribution in [0.4, 0.5) is 11.4 Å². The van der Waals surface area contributed by atoms with Gasteiger partial charge in [0.1, 0.15) is 5.52 Å². The maximum Gasteiger partial charge on any atom is 0.176 e. The highest BCUT2D eigenvalue weighted by molar-refractivity contribution is 5.83. The fraction of sp³-hybridized carbons (Fsp3) is 0.0714. The Bertz CT molecular complexity index is 750. The van der Waals surface area contributed by atoms with E-state index in [9.17, 15) is 5.21 Å². The SMILES string of the molecule is CONc1ccc2nc(-c3ccc(N)cc3)n(O)c2c1. The number of nitrogens with two attached hydrogens (primary N) is 1. The number of benzene rings is 2. The second kappa shape index (κ2) is 4.75. The molecule has 0 radical (unpaired) electrons. The van der Waals surface area contributed by atoms with E-state index in [2.05, 4.69) is 10.5 Å². The molecule has 3 aromatic rings. The van der Waals surface area contributed by atoms with Crippen molar-refractivity contribution in [2.45, 2.75) is 0 Å². The number of hydrogen-bond acceptors (Lipinski definition) is 5. The molecule has 4 N–H and O–H groups in total. The molecule has 0 unspecified atom stereocenters. The standard InChI is InChI=1S/C14H14N4O2/c1-20-17-11-6-7-12-13(8-11)18(19)14(16-12)9-2-4-10(15)5-3-9/h2-8,17,19H,15H2,1H3. The third-order valence-electron chi connectivity index (χ3n) is 3.02. The lowest BCUT2D eigenvalue weighted by Gasteiger charge is -2.03. The van der Waals surface area contributed by atoms with Gasteiger partial charge in [-0.2, -0.15) is 4.73 Å². The summed E-state index contributed by atoms with van der Waals surface area (Å²) in [5.41, 5.74) is 11.9. The first-order valence-electron chi connectivity index (χ1n) is 6.05. The molecule has 0 aliphatic carbocycles. The zero-order chi connectivity index (χ0) is 14.1. The maximum absolute atomic E-state index is 10.3. The Balaban J connectivity index is 2.12. The minimum atomic E-state index is 0.467. The third kappa shape index (κ3) is 2.02. The molecular formula is C14H14N4O2. The predicted octanol–water partition coefficient (Wildman–Crippen LogP) is 2.50. The van der Waals surface area contributed by atoms with E-state index in [0.717, 1.165) is 16.0 Å². The highest BCUT2D eigenvalue weighted by atomic mass is 16.6. The molecule has 6 nitrogen and oxygen atoms in total. The lowest BCUT2D eigenvalue weighted by Crippen LogP contribution is -1.97. The third-order valence-corrected chi connectivity index (χ3v) is 3.02. The molecule has 0 aliphatic heterocycles. The highest BCUT2D eigenvalue weighted by Crippen LogP contribution is 2.26. The van der Waals surface area contributed by atoms with Gasteiger partial charge in [-0.05, 0) is 42.5 Å². The fourth-order valence-electron chi connectivity index (χ4n) is 2.06. The number of anilines is 2. The van der Waals surface area contributed by atoms with Crippen molar-refractivity contribution in [3.8, 4) is 11.4 Å². The molecule has 0 spiro atoms. The van der Waals surface area contributed by atoms with Crippen LogP contribution in [0.25, 0.3) is 22.4 Å². The number of nitrogen functional groups attached to an aromatic ring is 1. The Labute approximate surface area is 115 Å². The summed E-state index contributed by atoms with van der Waals surface area (Å²) in [5, 5.41) is 10.3. The minimum Gasteiger partial charge on any atom is -0.426 e.